The third-order valence-electron chi connectivity index (χ3n) is 4.20. The van der Waals surface area contributed by atoms with E-state index in [1.807, 2.05) is 38.2 Å². The summed E-state index contributed by atoms with van der Waals surface area (Å²) >= 11 is 12.1. The summed E-state index contributed by atoms with van der Waals surface area (Å²) in [6.07, 6.45) is 1.89. The van der Waals surface area contributed by atoms with Crippen molar-refractivity contribution in [2.24, 2.45) is 0 Å². The Morgan fingerprint density at radius 3 is 2.56 bits per heavy atom. The molecule has 4 nitrogen and oxygen atoms in total. The highest BCUT2D eigenvalue weighted by Gasteiger charge is 2.27. The number of sulfonamides is 1. The van der Waals surface area contributed by atoms with Gasteiger partial charge in [-0.25, -0.2) is 13.1 Å². The fourth-order valence-corrected chi connectivity index (χ4v) is 4.67. The van der Waals surface area contributed by atoms with Crippen molar-refractivity contribution < 1.29 is 8.42 Å². The summed E-state index contributed by atoms with van der Waals surface area (Å²) in [5.41, 5.74) is 1.50. The molecule has 0 amide bonds. The van der Waals surface area contributed by atoms with Gasteiger partial charge in [-0.15, -0.1) is 0 Å². The van der Waals surface area contributed by atoms with Gasteiger partial charge < -0.3 is 4.98 Å². The van der Waals surface area contributed by atoms with Crippen LogP contribution >= 0.6 is 23.2 Å². The van der Waals surface area contributed by atoms with E-state index in [0.29, 0.717) is 5.02 Å². The molecule has 0 aliphatic carbocycles. The predicted octanol–water partition coefficient (Wildman–Crippen LogP) is 4.73. The van der Waals surface area contributed by atoms with Crippen molar-refractivity contribution >= 4 is 44.1 Å². The maximum atomic E-state index is 12.6. The van der Waals surface area contributed by atoms with Gasteiger partial charge in [0.2, 0.25) is 10.0 Å². The molecule has 0 spiro atoms. The maximum absolute atomic E-state index is 12.6. The zero-order chi connectivity index (χ0) is 18.2. The second-order valence-electron chi connectivity index (χ2n) is 6.53. The number of hydrogen-bond donors (Lipinski definition) is 2. The second kappa shape index (κ2) is 6.65. The molecule has 2 N–H and O–H groups in total. The van der Waals surface area contributed by atoms with Crippen molar-refractivity contribution in [1.82, 2.24) is 9.71 Å². The lowest BCUT2D eigenvalue weighted by atomic mass is 9.85. The molecule has 1 heterocycles. The van der Waals surface area contributed by atoms with Crippen molar-refractivity contribution in [2.75, 3.05) is 6.54 Å². The first-order chi connectivity index (χ1) is 11.7. The summed E-state index contributed by atoms with van der Waals surface area (Å²) in [5, 5.41) is 1.82. The summed E-state index contributed by atoms with van der Waals surface area (Å²) in [7, 11) is -3.69. The van der Waals surface area contributed by atoms with Gasteiger partial charge in [-0.2, -0.15) is 0 Å². The number of aromatic amines is 1. The van der Waals surface area contributed by atoms with Crippen LogP contribution in [-0.2, 0) is 15.4 Å². The molecule has 1 aromatic heterocycles. The Kier molecular flexibility index (Phi) is 4.86. The molecule has 7 heteroatoms. The van der Waals surface area contributed by atoms with E-state index in [2.05, 4.69) is 9.71 Å². The Labute approximate surface area is 157 Å². The molecule has 0 radical (unpaired) electrons. The highest BCUT2D eigenvalue weighted by Crippen LogP contribution is 2.32. The Morgan fingerprint density at radius 2 is 1.84 bits per heavy atom. The lowest BCUT2D eigenvalue weighted by Gasteiger charge is -2.25. The molecule has 0 aliphatic heterocycles. The van der Waals surface area contributed by atoms with Gasteiger partial charge in [-0.05, 0) is 35.9 Å². The third kappa shape index (κ3) is 3.70. The van der Waals surface area contributed by atoms with Crippen LogP contribution < -0.4 is 4.72 Å². The van der Waals surface area contributed by atoms with Crippen LogP contribution in [0.5, 0.6) is 0 Å². The number of hydrogen-bond acceptors (Lipinski definition) is 2. The minimum absolute atomic E-state index is 0.0782. The standard InChI is InChI=1S/C18H18Cl2N2O2S/c1-18(2,14-10-21-16-8-7-12(19)9-13(14)16)11-22-25(23,24)17-6-4-3-5-15(17)20/h3-10,21-22H,11H2,1-2H3. The molecule has 0 fully saturated rings. The van der Waals surface area contributed by atoms with Crippen LogP contribution in [0.2, 0.25) is 10.0 Å². The van der Waals surface area contributed by atoms with Gasteiger partial charge in [0.15, 0.2) is 0 Å². The van der Waals surface area contributed by atoms with E-state index >= 15 is 0 Å². The van der Waals surface area contributed by atoms with E-state index < -0.39 is 15.4 Å². The lowest BCUT2D eigenvalue weighted by Crippen LogP contribution is -2.36. The van der Waals surface area contributed by atoms with Crippen LogP contribution in [0.3, 0.4) is 0 Å². The monoisotopic (exact) mass is 396 g/mol. The molecule has 0 unspecified atom stereocenters. The molecule has 132 valence electrons. The predicted molar refractivity (Wildman–Crippen MR) is 103 cm³/mol. The minimum Gasteiger partial charge on any atom is -0.361 e. The van der Waals surface area contributed by atoms with Gasteiger partial charge in [0.05, 0.1) is 5.02 Å². The SMILES string of the molecule is CC(C)(CNS(=O)(=O)c1ccccc1Cl)c1c[nH]c2ccc(Cl)cc12. The summed E-state index contributed by atoms with van der Waals surface area (Å²) in [6.45, 7) is 4.18. The van der Waals surface area contributed by atoms with Crippen LogP contribution in [-0.4, -0.2) is 19.9 Å². The van der Waals surface area contributed by atoms with Crippen LogP contribution in [0, 0.1) is 0 Å². The molecule has 25 heavy (non-hydrogen) atoms. The Bertz CT molecular complexity index is 1030. The molecule has 0 saturated carbocycles. The molecule has 0 aliphatic rings. The molecular weight excluding hydrogens is 379 g/mol. The number of fused-ring (bicyclic) bond motifs is 1. The fourth-order valence-electron chi connectivity index (χ4n) is 2.76. The van der Waals surface area contributed by atoms with Crippen molar-refractivity contribution in [3.05, 3.63) is 64.3 Å². The van der Waals surface area contributed by atoms with E-state index in [1.54, 1.807) is 18.2 Å². The summed E-state index contributed by atoms with van der Waals surface area (Å²) in [4.78, 5) is 3.28. The molecule has 0 bridgehead atoms. The molecule has 3 rings (SSSR count). The minimum atomic E-state index is -3.69. The first kappa shape index (κ1) is 18.3. The van der Waals surface area contributed by atoms with E-state index in [1.165, 1.54) is 6.07 Å². The Balaban J connectivity index is 1.89. The van der Waals surface area contributed by atoms with Crippen LogP contribution in [0.1, 0.15) is 19.4 Å². The molecule has 0 atom stereocenters. The van der Waals surface area contributed by atoms with Gasteiger partial charge in [-0.3, -0.25) is 0 Å². The highest BCUT2D eigenvalue weighted by atomic mass is 35.5. The zero-order valence-electron chi connectivity index (χ0n) is 13.8. The van der Waals surface area contributed by atoms with Crippen molar-refractivity contribution in [3.63, 3.8) is 0 Å². The van der Waals surface area contributed by atoms with E-state index in [4.69, 9.17) is 23.2 Å². The summed E-state index contributed by atoms with van der Waals surface area (Å²) in [5.74, 6) is 0. The topological polar surface area (TPSA) is 62.0 Å². The average Bonchev–Trinajstić information content (AvgIpc) is 2.97. The normalized spacial score (nSPS) is 12.6. The molecular formula is C18H18Cl2N2O2S. The van der Waals surface area contributed by atoms with E-state index in [0.717, 1.165) is 16.5 Å². The Morgan fingerprint density at radius 1 is 1.12 bits per heavy atom. The van der Waals surface area contributed by atoms with Crippen LogP contribution in [0.15, 0.2) is 53.6 Å². The number of halogens is 2. The Hall–Kier alpha value is -1.53. The van der Waals surface area contributed by atoms with Gasteiger partial charge in [0, 0.05) is 34.1 Å². The fraction of sp³-hybridized carbons (Fsp3) is 0.222. The van der Waals surface area contributed by atoms with E-state index in [9.17, 15) is 8.42 Å². The van der Waals surface area contributed by atoms with Gasteiger partial charge in [-0.1, -0.05) is 49.2 Å². The van der Waals surface area contributed by atoms with Gasteiger partial charge >= 0.3 is 0 Å². The number of rotatable bonds is 5. The average molecular weight is 397 g/mol. The summed E-state index contributed by atoms with van der Waals surface area (Å²) in [6, 6.07) is 12.0. The lowest BCUT2D eigenvalue weighted by molar-refractivity contribution is 0.505. The first-order valence-corrected chi connectivity index (χ1v) is 9.96. The van der Waals surface area contributed by atoms with Crippen molar-refractivity contribution in [1.29, 1.82) is 0 Å². The van der Waals surface area contributed by atoms with Crippen LogP contribution in [0.25, 0.3) is 10.9 Å². The molecule has 2 aromatic carbocycles. The van der Waals surface area contributed by atoms with Crippen LogP contribution in [0.4, 0.5) is 0 Å². The van der Waals surface area contributed by atoms with Gasteiger partial charge in [0.1, 0.15) is 4.90 Å². The van der Waals surface area contributed by atoms with Crippen molar-refractivity contribution in [2.45, 2.75) is 24.2 Å². The second-order valence-corrected chi connectivity index (χ2v) is 9.11. The van der Waals surface area contributed by atoms with Crippen molar-refractivity contribution in [3.8, 4) is 0 Å². The third-order valence-corrected chi connectivity index (χ3v) is 6.34. The number of benzene rings is 2. The molecule has 3 aromatic rings. The number of H-pyrrole nitrogens is 1. The summed E-state index contributed by atoms with van der Waals surface area (Å²) < 4.78 is 27.8. The number of aromatic nitrogens is 1. The van der Waals surface area contributed by atoms with Gasteiger partial charge in [0.25, 0.3) is 0 Å². The quantitative estimate of drug-likeness (QED) is 0.654. The largest absolute Gasteiger partial charge is 0.361 e. The maximum Gasteiger partial charge on any atom is 0.242 e. The molecule has 0 saturated heterocycles. The highest BCUT2D eigenvalue weighted by molar-refractivity contribution is 7.89. The smallest absolute Gasteiger partial charge is 0.242 e. The first-order valence-electron chi connectivity index (χ1n) is 7.72. The van der Waals surface area contributed by atoms with E-state index in [-0.39, 0.29) is 16.5 Å². The number of nitrogens with one attached hydrogen (secondary N) is 2. The zero-order valence-corrected chi connectivity index (χ0v) is 16.1.